The van der Waals surface area contributed by atoms with Crippen LogP contribution in [0, 0.1) is 0 Å². The number of likely N-dealkylation sites (N-methyl/N-ethyl adjacent to an activating group) is 1. The Hall–Kier alpha value is -0.650. The van der Waals surface area contributed by atoms with Crippen molar-refractivity contribution in [3.8, 4) is 0 Å². The molecule has 2 aliphatic heterocycles. The lowest BCUT2D eigenvalue weighted by atomic mass is 10.1. The first-order chi connectivity index (χ1) is 8.29. The van der Waals surface area contributed by atoms with E-state index in [9.17, 15) is 0 Å². The van der Waals surface area contributed by atoms with Crippen molar-refractivity contribution >= 4 is 16.5 Å². The summed E-state index contributed by atoms with van der Waals surface area (Å²) < 4.78 is 5.04. The molecule has 3 heterocycles. The average Bonchev–Trinajstić information content (AvgIpc) is 2.81. The number of hydrogen-bond donors (Lipinski definition) is 1. The van der Waals surface area contributed by atoms with E-state index in [0.717, 1.165) is 30.7 Å². The van der Waals surface area contributed by atoms with Crippen molar-refractivity contribution in [2.75, 3.05) is 32.6 Å². The van der Waals surface area contributed by atoms with Crippen LogP contribution in [0.25, 0.3) is 0 Å². The molecule has 1 aromatic heterocycles. The number of aromatic nitrogens is 1. The molecule has 0 radical (unpaired) electrons. The zero-order valence-corrected chi connectivity index (χ0v) is 11.2. The number of nitrogens with zero attached hydrogens (tertiary/aromatic N) is 2. The van der Waals surface area contributed by atoms with Gasteiger partial charge in [-0.3, -0.25) is 4.90 Å². The largest absolute Gasteiger partial charge is 0.383 e. The highest BCUT2D eigenvalue weighted by Crippen LogP contribution is 2.45. The Morgan fingerprint density at radius 3 is 3.24 bits per heavy atom. The summed E-state index contributed by atoms with van der Waals surface area (Å²) in [6, 6.07) is 1.35. The maximum absolute atomic E-state index is 5.04. The molecule has 4 nitrogen and oxygen atoms in total. The van der Waals surface area contributed by atoms with Gasteiger partial charge >= 0.3 is 0 Å². The highest BCUT2D eigenvalue weighted by atomic mass is 32.1. The Kier molecular flexibility index (Phi) is 3.06. The molecule has 2 bridgehead atoms. The van der Waals surface area contributed by atoms with E-state index in [4.69, 9.17) is 9.72 Å². The quantitative estimate of drug-likeness (QED) is 0.832. The van der Waals surface area contributed by atoms with Gasteiger partial charge in [0, 0.05) is 37.0 Å². The van der Waals surface area contributed by atoms with E-state index in [1.165, 1.54) is 23.4 Å². The minimum atomic E-state index is 0.624. The van der Waals surface area contributed by atoms with Crippen molar-refractivity contribution < 1.29 is 4.74 Å². The van der Waals surface area contributed by atoms with Gasteiger partial charge in [0.25, 0.3) is 0 Å². The predicted molar refractivity (Wildman–Crippen MR) is 69.7 cm³/mol. The van der Waals surface area contributed by atoms with Gasteiger partial charge in [0.05, 0.1) is 12.3 Å². The van der Waals surface area contributed by atoms with E-state index in [1.54, 1.807) is 7.11 Å². The van der Waals surface area contributed by atoms with Crippen LogP contribution < -0.4 is 5.32 Å². The highest BCUT2D eigenvalue weighted by Gasteiger charge is 2.39. The van der Waals surface area contributed by atoms with Crippen molar-refractivity contribution in [1.29, 1.82) is 0 Å². The highest BCUT2D eigenvalue weighted by molar-refractivity contribution is 7.15. The molecule has 3 rings (SSSR count). The van der Waals surface area contributed by atoms with Crippen molar-refractivity contribution in [2.45, 2.75) is 31.3 Å². The van der Waals surface area contributed by atoms with Gasteiger partial charge in [0.1, 0.15) is 0 Å². The normalized spacial score (nSPS) is 27.2. The van der Waals surface area contributed by atoms with Gasteiger partial charge < -0.3 is 10.1 Å². The number of thiazole rings is 1. The predicted octanol–water partition coefficient (Wildman–Crippen LogP) is 1.89. The Balaban J connectivity index is 1.76. The Bertz CT molecular complexity index is 406. The van der Waals surface area contributed by atoms with Gasteiger partial charge in [-0.2, -0.15) is 0 Å². The van der Waals surface area contributed by atoms with E-state index < -0.39 is 0 Å². The van der Waals surface area contributed by atoms with Gasteiger partial charge in [-0.05, 0) is 19.9 Å². The third-order valence-corrected chi connectivity index (χ3v) is 5.04. The zero-order valence-electron chi connectivity index (χ0n) is 10.4. The molecule has 5 heteroatoms. The van der Waals surface area contributed by atoms with Crippen LogP contribution in [0.15, 0.2) is 0 Å². The molecule has 0 amide bonds. The molecule has 2 aliphatic rings. The van der Waals surface area contributed by atoms with Crippen LogP contribution in [0.2, 0.25) is 0 Å². The minimum Gasteiger partial charge on any atom is -0.383 e. The van der Waals surface area contributed by atoms with Gasteiger partial charge in [0.15, 0.2) is 5.13 Å². The molecular weight excluding hydrogens is 234 g/mol. The van der Waals surface area contributed by atoms with Gasteiger partial charge in [0.2, 0.25) is 0 Å². The number of hydrogen-bond acceptors (Lipinski definition) is 5. The topological polar surface area (TPSA) is 37.4 Å². The summed E-state index contributed by atoms with van der Waals surface area (Å²) in [6.07, 6.45) is 3.76. The number of fused-ring (bicyclic) bond motifs is 4. The maximum Gasteiger partial charge on any atom is 0.183 e. The van der Waals surface area contributed by atoms with Crippen molar-refractivity contribution in [3.05, 3.63) is 10.6 Å². The summed E-state index contributed by atoms with van der Waals surface area (Å²) in [5.41, 5.74) is 1.33. The number of anilines is 1. The molecule has 1 aromatic rings. The van der Waals surface area contributed by atoms with E-state index in [-0.39, 0.29) is 0 Å². The molecule has 0 aromatic carbocycles. The summed E-state index contributed by atoms with van der Waals surface area (Å²) in [5, 5.41) is 4.40. The Labute approximate surface area is 106 Å². The zero-order chi connectivity index (χ0) is 11.8. The first kappa shape index (κ1) is 11.4. The summed E-state index contributed by atoms with van der Waals surface area (Å²) in [6.45, 7) is 1.57. The fourth-order valence-corrected chi connectivity index (χ4v) is 4.11. The molecule has 94 valence electrons. The fourth-order valence-electron chi connectivity index (χ4n) is 2.90. The second kappa shape index (κ2) is 4.55. The molecular formula is C12H19N3OS. The Morgan fingerprint density at radius 2 is 2.41 bits per heavy atom. The number of methoxy groups -OCH3 is 1. The van der Waals surface area contributed by atoms with Crippen LogP contribution in [0.4, 0.5) is 5.13 Å². The number of rotatable bonds is 4. The summed E-state index contributed by atoms with van der Waals surface area (Å²) >= 11 is 1.83. The van der Waals surface area contributed by atoms with E-state index in [2.05, 4.69) is 17.3 Å². The van der Waals surface area contributed by atoms with E-state index in [0.29, 0.717) is 6.04 Å². The minimum absolute atomic E-state index is 0.624. The van der Waals surface area contributed by atoms with Gasteiger partial charge in [-0.1, -0.05) is 0 Å². The number of ether oxygens (including phenoxy) is 1. The summed E-state index contributed by atoms with van der Waals surface area (Å²) in [5.74, 6) is 0. The van der Waals surface area contributed by atoms with Crippen molar-refractivity contribution in [3.63, 3.8) is 0 Å². The van der Waals surface area contributed by atoms with Crippen LogP contribution in [-0.2, 0) is 11.2 Å². The standard InChI is InChI=1S/C12H19N3OS/c1-15-8-3-4-10(15)11-9(7-8)14-12(17-11)13-5-6-16-2/h8,10H,3-7H2,1-2H3,(H,13,14). The summed E-state index contributed by atoms with van der Waals surface area (Å²) in [4.78, 5) is 8.74. The lowest BCUT2D eigenvalue weighted by Gasteiger charge is -2.29. The molecule has 0 saturated carbocycles. The molecule has 0 aliphatic carbocycles. The molecule has 0 spiro atoms. The van der Waals surface area contributed by atoms with Crippen LogP contribution in [0.1, 0.15) is 29.5 Å². The van der Waals surface area contributed by atoms with Crippen LogP contribution in [-0.4, -0.2) is 43.2 Å². The maximum atomic E-state index is 5.04. The smallest absolute Gasteiger partial charge is 0.183 e. The second-order valence-corrected chi connectivity index (χ2v) is 5.90. The van der Waals surface area contributed by atoms with Gasteiger partial charge in [-0.25, -0.2) is 4.98 Å². The molecule has 1 saturated heterocycles. The number of nitrogens with one attached hydrogen (secondary N) is 1. The Morgan fingerprint density at radius 1 is 1.53 bits per heavy atom. The molecule has 2 unspecified atom stereocenters. The lowest BCUT2D eigenvalue weighted by molar-refractivity contribution is 0.210. The first-order valence-corrected chi connectivity index (χ1v) is 7.05. The van der Waals surface area contributed by atoms with Crippen LogP contribution >= 0.6 is 11.3 Å². The average molecular weight is 253 g/mol. The molecule has 2 atom stereocenters. The van der Waals surface area contributed by atoms with Gasteiger partial charge in [-0.15, -0.1) is 11.3 Å². The lowest BCUT2D eigenvalue weighted by Crippen LogP contribution is -2.33. The van der Waals surface area contributed by atoms with E-state index in [1.807, 2.05) is 11.3 Å². The third kappa shape index (κ3) is 1.96. The third-order valence-electron chi connectivity index (χ3n) is 3.88. The van der Waals surface area contributed by atoms with Crippen LogP contribution in [0.3, 0.4) is 0 Å². The van der Waals surface area contributed by atoms with Crippen molar-refractivity contribution in [1.82, 2.24) is 9.88 Å². The van der Waals surface area contributed by atoms with Crippen molar-refractivity contribution in [2.24, 2.45) is 0 Å². The second-order valence-electron chi connectivity index (χ2n) is 4.87. The monoisotopic (exact) mass is 253 g/mol. The molecule has 1 fully saturated rings. The molecule has 1 N–H and O–H groups in total. The van der Waals surface area contributed by atoms with E-state index >= 15 is 0 Å². The first-order valence-electron chi connectivity index (χ1n) is 6.24. The summed E-state index contributed by atoms with van der Waals surface area (Å²) in [7, 11) is 3.98. The SMILES string of the molecule is COCCNc1nc2c(s1)C1CCC(C2)N1C. The fraction of sp³-hybridized carbons (Fsp3) is 0.750. The molecule has 17 heavy (non-hydrogen) atoms. The van der Waals surface area contributed by atoms with Crippen LogP contribution in [0.5, 0.6) is 0 Å².